The molecule has 3 rings (SSSR count). The second kappa shape index (κ2) is 7.45. The Morgan fingerprint density at radius 3 is 2.29 bits per heavy atom. The van der Waals surface area contributed by atoms with Crippen LogP contribution in [0.15, 0.2) is 71.8 Å². The minimum absolute atomic E-state index is 0.112. The Morgan fingerprint density at radius 1 is 1.00 bits per heavy atom. The predicted octanol–water partition coefficient (Wildman–Crippen LogP) is 3.38. The average Bonchev–Trinajstić information content (AvgIpc) is 2.96. The van der Waals surface area contributed by atoms with Gasteiger partial charge in [0.25, 0.3) is 0 Å². The Kier molecular flexibility index (Phi) is 5.11. The third-order valence-electron chi connectivity index (χ3n) is 3.94. The highest BCUT2D eigenvalue weighted by molar-refractivity contribution is 7.91. The molecular weight excluding hydrogens is 320 g/mol. The normalized spacial score (nSPS) is 19.9. The number of allylic oxidation sites excluding steroid dienone is 1. The van der Waals surface area contributed by atoms with Crippen LogP contribution >= 0.6 is 0 Å². The molecule has 1 aliphatic rings. The summed E-state index contributed by atoms with van der Waals surface area (Å²) in [5, 5.41) is 6.33. The SMILES string of the molecule is O=S1(=O)CCC(N(N=CC=Cc2ccccc2)c2ccccc2)C1. The fourth-order valence-corrected chi connectivity index (χ4v) is 4.44. The Balaban J connectivity index is 1.78. The lowest BCUT2D eigenvalue weighted by Gasteiger charge is -2.24. The van der Waals surface area contributed by atoms with Gasteiger partial charge in [0.2, 0.25) is 0 Å². The first-order valence-corrected chi connectivity index (χ1v) is 9.77. The maximum Gasteiger partial charge on any atom is 0.152 e. The summed E-state index contributed by atoms with van der Waals surface area (Å²) in [5.41, 5.74) is 2.00. The Labute approximate surface area is 143 Å². The molecule has 124 valence electrons. The first-order valence-electron chi connectivity index (χ1n) is 7.94. The van der Waals surface area contributed by atoms with Crippen LogP contribution in [0.3, 0.4) is 0 Å². The van der Waals surface area contributed by atoms with E-state index in [-0.39, 0.29) is 17.5 Å². The summed E-state index contributed by atoms with van der Waals surface area (Å²) >= 11 is 0. The van der Waals surface area contributed by atoms with Gasteiger partial charge in [0, 0.05) is 6.21 Å². The summed E-state index contributed by atoms with van der Waals surface area (Å²) in [6.45, 7) is 0. The zero-order chi connectivity index (χ0) is 16.8. The van der Waals surface area contributed by atoms with E-state index in [1.807, 2.05) is 77.8 Å². The molecule has 1 atom stereocenters. The smallest absolute Gasteiger partial charge is 0.152 e. The largest absolute Gasteiger partial charge is 0.261 e. The Hall–Kier alpha value is -2.40. The van der Waals surface area contributed by atoms with Gasteiger partial charge < -0.3 is 0 Å². The molecule has 0 aliphatic carbocycles. The van der Waals surface area contributed by atoms with Crippen LogP contribution in [0.5, 0.6) is 0 Å². The van der Waals surface area contributed by atoms with Gasteiger partial charge in [0.15, 0.2) is 9.84 Å². The number of benzene rings is 2. The standard InChI is InChI=1S/C19H20N2O2S/c22-24(23)15-13-19(16-24)21(18-11-5-2-6-12-18)20-14-7-10-17-8-3-1-4-9-17/h1-12,14,19H,13,15-16H2. The van der Waals surface area contributed by atoms with Crippen molar-refractivity contribution >= 4 is 27.8 Å². The van der Waals surface area contributed by atoms with Crippen molar-refractivity contribution < 1.29 is 8.42 Å². The van der Waals surface area contributed by atoms with Gasteiger partial charge in [-0.2, -0.15) is 5.10 Å². The van der Waals surface area contributed by atoms with Crippen molar-refractivity contribution in [2.45, 2.75) is 12.5 Å². The molecule has 0 aromatic heterocycles. The maximum absolute atomic E-state index is 11.8. The topological polar surface area (TPSA) is 49.7 Å². The maximum atomic E-state index is 11.8. The number of sulfone groups is 1. The highest BCUT2D eigenvalue weighted by Crippen LogP contribution is 2.24. The van der Waals surface area contributed by atoms with Crippen LogP contribution < -0.4 is 5.01 Å². The highest BCUT2D eigenvalue weighted by atomic mass is 32.2. The van der Waals surface area contributed by atoms with E-state index in [0.717, 1.165) is 11.3 Å². The number of para-hydroxylation sites is 1. The zero-order valence-corrected chi connectivity index (χ0v) is 14.1. The van der Waals surface area contributed by atoms with Crippen molar-refractivity contribution in [2.75, 3.05) is 16.5 Å². The summed E-state index contributed by atoms with van der Waals surface area (Å²) in [7, 11) is -2.96. The van der Waals surface area contributed by atoms with E-state index in [1.54, 1.807) is 6.21 Å². The minimum atomic E-state index is -2.96. The molecule has 0 spiro atoms. The molecule has 24 heavy (non-hydrogen) atoms. The van der Waals surface area contributed by atoms with E-state index in [0.29, 0.717) is 6.42 Å². The lowest BCUT2D eigenvalue weighted by molar-refractivity contribution is 0.600. The van der Waals surface area contributed by atoms with Crippen molar-refractivity contribution in [3.63, 3.8) is 0 Å². The molecule has 1 unspecified atom stereocenters. The van der Waals surface area contributed by atoms with Gasteiger partial charge in [-0.3, -0.25) is 5.01 Å². The fourth-order valence-electron chi connectivity index (χ4n) is 2.75. The van der Waals surface area contributed by atoms with Gasteiger partial charge in [0.1, 0.15) is 0 Å². The molecular formula is C19H20N2O2S. The molecule has 1 heterocycles. The first-order chi connectivity index (χ1) is 11.6. The second-order valence-electron chi connectivity index (χ2n) is 5.77. The molecule has 2 aromatic rings. The minimum Gasteiger partial charge on any atom is -0.261 e. The van der Waals surface area contributed by atoms with E-state index in [9.17, 15) is 8.42 Å². The molecule has 1 aliphatic heterocycles. The van der Waals surface area contributed by atoms with Crippen LogP contribution in [0.1, 0.15) is 12.0 Å². The molecule has 0 saturated carbocycles. The lowest BCUT2D eigenvalue weighted by atomic mass is 10.2. The number of hydrogen-bond acceptors (Lipinski definition) is 4. The van der Waals surface area contributed by atoms with Crippen LogP contribution in [0.25, 0.3) is 6.08 Å². The second-order valence-corrected chi connectivity index (χ2v) is 8.00. The average molecular weight is 340 g/mol. The zero-order valence-electron chi connectivity index (χ0n) is 13.3. The number of anilines is 1. The molecule has 2 aromatic carbocycles. The lowest BCUT2D eigenvalue weighted by Crippen LogP contribution is -2.31. The molecule has 1 saturated heterocycles. The summed E-state index contributed by atoms with van der Waals surface area (Å²) in [5.74, 6) is 0.387. The quantitative estimate of drug-likeness (QED) is 0.619. The summed E-state index contributed by atoms with van der Waals surface area (Å²) in [6.07, 6.45) is 6.16. The van der Waals surface area contributed by atoms with Crippen molar-refractivity contribution in [1.82, 2.24) is 0 Å². The van der Waals surface area contributed by atoms with E-state index in [2.05, 4.69) is 5.10 Å². The molecule has 0 bridgehead atoms. The van der Waals surface area contributed by atoms with Gasteiger partial charge in [-0.25, -0.2) is 8.42 Å². The van der Waals surface area contributed by atoms with Crippen LogP contribution in [-0.2, 0) is 9.84 Å². The third kappa shape index (κ3) is 4.32. The van der Waals surface area contributed by atoms with Crippen molar-refractivity contribution in [1.29, 1.82) is 0 Å². The number of nitrogens with zero attached hydrogens (tertiary/aromatic N) is 2. The van der Waals surface area contributed by atoms with E-state index >= 15 is 0 Å². The van der Waals surface area contributed by atoms with Crippen LogP contribution in [-0.4, -0.2) is 32.2 Å². The van der Waals surface area contributed by atoms with Gasteiger partial charge in [0.05, 0.1) is 23.2 Å². The van der Waals surface area contributed by atoms with Crippen molar-refractivity contribution in [2.24, 2.45) is 5.10 Å². The molecule has 0 N–H and O–H groups in total. The number of rotatable bonds is 5. The van der Waals surface area contributed by atoms with Gasteiger partial charge in [-0.15, -0.1) is 0 Å². The van der Waals surface area contributed by atoms with Gasteiger partial charge >= 0.3 is 0 Å². The van der Waals surface area contributed by atoms with Crippen LogP contribution in [0, 0.1) is 0 Å². The van der Waals surface area contributed by atoms with Gasteiger partial charge in [-0.05, 0) is 30.2 Å². The van der Waals surface area contributed by atoms with E-state index in [4.69, 9.17) is 0 Å². The number of hydrogen-bond donors (Lipinski definition) is 0. The first kappa shape index (κ1) is 16.5. The molecule has 5 heteroatoms. The van der Waals surface area contributed by atoms with Crippen molar-refractivity contribution in [3.8, 4) is 0 Å². The van der Waals surface area contributed by atoms with Crippen LogP contribution in [0.4, 0.5) is 5.69 Å². The van der Waals surface area contributed by atoms with E-state index in [1.165, 1.54) is 0 Å². The number of hydrazone groups is 1. The summed E-state index contributed by atoms with van der Waals surface area (Å²) in [4.78, 5) is 0. The monoisotopic (exact) mass is 340 g/mol. The third-order valence-corrected chi connectivity index (χ3v) is 5.69. The van der Waals surface area contributed by atoms with Crippen molar-refractivity contribution in [3.05, 3.63) is 72.3 Å². The highest BCUT2D eigenvalue weighted by Gasteiger charge is 2.32. The summed E-state index contributed by atoms with van der Waals surface area (Å²) in [6, 6.07) is 19.6. The predicted molar refractivity (Wildman–Crippen MR) is 99.9 cm³/mol. The van der Waals surface area contributed by atoms with Crippen LogP contribution in [0.2, 0.25) is 0 Å². The molecule has 1 fully saturated rings. The fraction of sp³-hybridized carbons (Fsp3) is 0.211. The molecule has 4 nitrogen and oxygen atoms in total. The summed E-state index contributed by atoms with van der Waals surface area (Å²) < 4.78 is 23.6. The molecule has 0 amide bonds. The van der Waals surface area contributed by atoms with E-state index < -0.39 is 9.84 Å². The Morgan fingerprint density at radius 2 is 1.67 bits per heavy atom. The van der Waals surface area contributed by atoms with Gasteiger partial charge in [-0.1, -0.05) is 54.6 Å². The molecule has 0 radical (unpaired) electrons. The Bertz CT molecular complexity index is 815.